The zero-order chi connectivity index (χ0) is 19.5. The van der Waals surface area contributed by atoms with Gasteiger partial charge in [-0.3, -0.25) is 9.59 Å². The zero-order valence-corrected chi connectivity index (χ0v) is 16.3. The van der Waals surface area contributed by atoms with Crippen molar-refractivity contribution in [2.45, 2.75) is 12.8 Å². The summed E-state index contributed by atoms with van der Waals surface area (Å²) < 4.78 is 15.1. The molecule has 2 rings (SSSR count). The number of carbonyl (C=O) groups excluding carboxylic acids is 2. The molecule has 0 aliphatic carbocycles. The van der Waals surface area contributed by atoms with Crippen LogP contribution in [-0.4, -0.2) is 31.8 Å². The SMILES string of the molecule is COc1ccc(OC)c(CC(=O)Cl)c1.COc1cccc(CC(=O)Cl)c1. The number of methoxy groups -OCH3 is 3. The molecular weight excluding hydrogens is 379 g/mol. The number of hydrogen-bond acceptors (Lipinski definition) is 5. The summed E-state index contributed by atoms with van der Waals surface area (Å²) in [7, 11) is 4.69. The highest BCUT2D eigenvalue weighted by molar-refractivity contribution is 6.64. The maximum atomic E-state index is 10.7. The van der Waals surface area contributed by atoms with E-state index in [-0.39, 0.29) is 18.1 Å². The number of rotatable bonds is 7. The fourth-order valence-electron chi connectivity index (χ4n) is 2.11. The second-order valence-electron chi connectivity index (χ2n) is 5.09. The van der Waals surface area contributed by atoms with E-state index in [0.717, 1.165) is 16.9 Å². The minimum atomic E-state index is -0.420. The maximum Gasteiger partial charge on any atom is 0.226 e. The number of hydrogen-bond donors (Lipinski definition) is 0. The van der Waals surface area contributed by atoms with Gasteiger partial charge in [-0.1, -0.05) is 12.1 Å². The Labute approximate surface area is 162 Å². The van der Waals surface area contributed by atoms with Gasteiger partial charge in [0, 0.05) is 12.0 Å². The summed E-state index contributed by atoms with van der Waals surface area (Å²) in [6, 6.07) is 12.5. The number of carbonyl (C=O) groups is 2. The molecule has 0 aliphatic heterocycles. The molecule has 0 aromatic heterocycles. The van der Waals surface area contributed by atoms with E-state index in [0.29, 0.717) is 11.5 Å². The summed E-state index contributed by atoms with van der Waals surface area (Å²) in [5, 5.41) is -0.778. The quantitative estimate of drug-likeness (QED) is 0.659. The molecule has 140 valence electrons. The molecule has 5 nitrogen and oxygen atoms in total. The Morgan fingerprint density at radius 2 is 1.42 bits per heavy atom. The molecule has 0 saturated carbocycles. The largest absolute Gasteiger partial charge is 0.497 e. The Balaban J connectivity index is 0.000000263. The van der Waals surface area contributed by atoms with Crippen LogP contribution in [0, 0.1) is 0 Å². The summed E-state index contributed by atoms with van der Waals surface area (Å²) in [6.45, 7) is 0. The van der Waals surface area contributed by atoms with Gasteiger partial charge in [0.05, 0.1) is 27.8 Å². The molecule has 26 heavy (non-hydrogen) atoms. The van der Waals surface area contributed by atoms with Crippen LogP contribution in [0.4, 0.5) is 0 Å². The van der Waals surface area contributed by atoms with Crippen molar-refractivity contribution < 1.29 is 23.8 Å². The minimum absolute atomic E-state index is 0.141. The van der Waals surface area contributed by atoms with Gasteiger partial charge in [-0.2, -0.15) is 0 Å². The smallest absolute Gasteiger partial charge is 0.226 e. The Kier molecular flexibility index (Phi) is 9.55. The molecule has 0 fully saturated rings. The topological polar surface area (TPSA) is 61.8 Å². The van der Waals surface area contributed by atoms with Crippen molar-refractivity contribution in [3.8, 4) is 17.2 Å². The fraction of sp³-hybridized carbons (Fsp3) is 0.263. The highest BCUT2D eigenvalue weighted by Gasteiger charge is 2.08. The van der Waals surface area contributed by atoms with E-state index in [1.54, 1.807) is 45.6 Å². The molecule has 0 N–H and O–H groups in total. The zero-order valence-electron chi connectivity index (χ0n) is 14.8. The van der Waals surface area contributed by atoms with Gasteiger partial charge in [0.15, 0.2) is 0 Å². The first-order chi connectivity index (χ1) is 12.4. The van der Waals surface area contributed by atoms with Crippen LogP contribution in [0.1, 0.15) is 11.1 Å². The summed E-state index contributed by atoms with van der Waals surface area (Å²) in [4.78, 5) is 21.3. The molecule has 0 radical (unpaired) electrons. The van der Waals surface area contributed by atoms with Gasteiger partial charge in [-0.05, 0) is 59.1 Å². The summed E-state index contributed by atoms with van der Waals surface area (Å²) >= 11 is 10.5. The third-order valence-corrected chi connectivity index (χ3v) is 3.56. The predicted octanol–water partition coefficient (Wildman–Crippen LogP) is 4.01. The standard InChI is InChI=1S/C10H11ClO3.C9H9ClO2/c1-13-8-3-4-9(14-2)7(5-8)6-10(11)12;1-12-8-4-2-3-7(5-8)6-9(10)11/h3-5H,6H2,1-2H3;2-5H,6H2,1H3. The molecule has 0 amide bonds. The van der Waals surface area contributed by atoms with Crippen LogP contribution in [0.15, 0.2) is 42.5 Å². The molecule has 2 aromatic carbocycles. The van der Waals surface area contributed by atoms with E-state index in [9.17, 15) is 9.59 Å². The van der Waals surface area contributed by atoms with E-state index in [1.165, 1.54) is 0 Å². The first kappa shape index (κ1) is 21.8. The first-order valence-electron chi connectivity index (χ1n) is 7.60. The third kappa shape index (κ3) is 7.76. The lowest BCUT2D eigenvalue weighted by Gasteiger charge is -2.08. The van der Waals surface area contributed by atoms with Gasteiger partial charge in [0.1, 0.15) is 17.2 Å². The van der Waals surface area contributed by atoms with Crippen LogP contribution in [0.25, 0.3) is 0 Å². The van der Waals surface area contributed by atoms with Crippen LogP contribution in [0.3, 0.4) is 0 Å². The first-order valence-corrected chi connectivity index (χ1v) is 8.35. The normalized spacial score (nSPS) is 9.58. The van der Waals surface area contributed by atoms with Gasteiger partial charge >= 0.3 is 0 Å². The van der Waals surface area contributed by atoms with Crippen molar-refractivity contribution in [2.75, 3.05) is 21.3 Å². The fourth-order valence-corrected chi connectivity index (χ4v) is 2.41. The van der Waals surface area contributed by atoms with Gasteiger partial charge in [0.25, 0.3) is 0 Å². The second kappa shape index (κ2) is 11.4. The van der Waals surface area contributed by atoms with Gasteiger partial charge in [0.2, 0.25) is 10.5 Å². The van der Waals surface area contributed by atoms with E-state index in [1.807, 2.05) is 18.2 Å². The van der Waals surface area contributed by atoms with Crippen LogP contribution < -0.4 is 14.2 Å². The van der Waals surface area contributed by atoms with Crippen molar-refractivity contribution in [1.82, 2.24) is 0 Å². The molecule has 0 bridgehead atoms. The van der Waals surface area contributed by atoms with E-state index >= 15 is 0 Å². The van der Waals surface area contributed by atoms with E-state index in [2.05, 4.69) is 0 Å². The lowest BCUT2D eigenvalue weighted by Crippen LogP contribution is -1.98. The van der Waals surface area contributed by atoms with Gasteiger partial charge < -0.3 is 14.2 Å². The van der Waals surface area contributed by atoms with Crippen molar-refractivity contribution in [3.63, 3.8) is 0 Å². The van der Waals surface area contributed by atoms with Crippen molar-refractivity contribution >= 4 is 33.7 Å². The molecule has 7 heteroatoms. The Morgan fingerprint density at radius 3 is 1.96 bits per heavy atom. The molecule has 0 spiro atoms. The predicted molar refractivity (Wildman–Crippen MR) is 102 cm³/mol. The number of halogens is 2. The van der Waals surface area contributed by atoms with Crippen LogP contribution in [0.5, 0.6) is 17.2 Å². The minimum Gasteiger partial charge on any atom is -0.497 e. The third-order valence-electron chi connectivity index (χ3n) is 3.29. The molecule has 0 heterocycles. The van der Waals surface area contributed by atoms with Crippen LogP contribution in [0.2, 0.25) is 0 Å². The Hall–Kier alpha value is -2.24. The second-order valence-corrected chi connectivity index (χ2v) is 5.94. The average molecular weight is 399 g/mol. The van der Waals surface area contributed by atoms with Crippen molar-refractivity contribution in [3.05, 3.63) is 53.6 Å². The Morgan fingerprint density at radius 1 is 0.808 bits per heavy atom. The lowest BCUT2D eigenvalue weighted by molar-refractivity contribution is -0.111. The average Bonchev–Trinajstić information content (AvgIpc) is 2.61. The maximum absolute atomic E-state index is 10.7. The van der Waals surface area contributed by atoms with Crippen molar-refractivity contribution in [2.24, 2.45) is 0 Å². The van der Waals surface area contributed by atoms with Crippen LogP contribution >= 0.6 is 23.2 Å². The number of benzene rings is 2. The molecule has 0 atom stereocenters. The van der Waals surface area contributed by atoms with E-state index in [4.69, 9.17) is 37.4 Å². The Bertz CT molecular complexity index is 746. The molecular formula is C19H20Cl2O5. The molecule has 2 aromatic rings. The van der Waals surface area contributed by atoms with E-state index < -0.39 is 5.24 Å². The highest BCUT2D eigenvalue weighted by Crippen LogP contribution is 2.24. The van der Waals surface area contributed by atoms with Gasteiger partial charge in [-0.25, -0.2) is 0 Å². The number of ether oxygens (including phenoxy) is 3. The molecule has 0 unspecified atom stereocenters. The monoisotopic (exact) mass is 398 g/mol. The van der Waals surface area contributed by atoms with Crippen molar-refractivity contribution in [1.29, 1.82) is 0 Å². The summed E-state index contributed by atoms with van der Waals surface area (Å²) in [5.41, 5.74) is 1.60. The lowest BCUT2D eigenvalue weighted by atomic mass is 10.1. The van der Waals surface area contributed by atoms with Gasteiger partial charge in [-0.15, -0.1) is 0 Å². The van der Waals surface area contributed by atoms with Crippen LogP contribution in [-0.2, 0) is 22.4 Å². The summed E-state index contributed by atoms with van der Waals surface area (Å²) in [6.07, 6.45) is 0.390. The highest BCUT2D eigenvalue weighted by atomic mass is 35.5. The molecule has 0 saturated heterocycles. The molecule has 0 aliphatic rings. The summed E-state index contributed by atoms with van der Waals surface area (Å²) in [5.74, 6) is 2.06.